The second kappa shape index (κ2) is 4.41. The number of halogens is 1. The molecule has 0 aliphatic carbocycles. The Labute approximate surface area is 98.8 Å². The molecule has 0 fully saturated rings. The fourth-order valence-electron chi connectivity index (χ4n) is 1.25. The molecule has 1 aromatic carbocycles. The molecule has 0 saturated heterocycles. The summed E-state index contributed by atoms with van der Waals surface area (Å²) >= 11 is 5.89. The van der Waals surface area contributed by atoms with Gasteiger partial charge in [0, 0.05) is 11.1 Å². The van der Waals surface area contributed by atoms with Gasteiger partial charge in [0.25, 0.3) is 0 Å². The lowest BCUT2D eigenvalue weighted by Gasteiger charge is -2.07. The molecule has 0 spiro atoms. The van der Waals surface area contributed by atoms with E-state index in [9.17, 15) is 0 Å². The highest BCUT2D eigenvalue weighted by molar-refractivity contribution is 6.30. The molecular formula is C12H11ClN2O. The van der Waals surface area contributed by atoms with Crippen LogP contribution < -0.4 is 10.5 Å². The zero-order chi connectivity index (χ0) is 11.5. The minimum absolute atomic E-state index is 0.500. The number of ether oxygens (including phenoxy) is 1. The van der Waals surface area contributed by atoms with Crippen LogP contribution in [0.1, 0.15) is 5.56 Å². The Kier molecular flexibility index (Phi) is 2.97. The molecule has 0 unspecified atom stereocenters. The Bertz CT molecular complexity index is 497. The van der Waals surface area contributed by atoms with Crippen molar-refractivity contribution in [2.45, 2.75) is 6.92 Å². The average molecular weight is 235 g/mol. The van der Waals surface area contributed by atoms with Crippen molar-refractivity contribution < 1.29 is 4.74 Å². The minimum atomic E-state index is 0.500. The van der Waals surface area contributed by atoms with Crippen LogP contribution in [-0.4, -0.2) is 4.98 Å². The van der Waals surface area contributed by atoms with E-state index in [-0.39, 0.29) is 0 Å². The van der Waals surface area contributed by atoms with E-state index in [1.165, 1.54) is 0 Å². The van der Waals surface area contributed by atoms with Gasteiger partial charge in [-0.3, -0.25) is 0 Å². The highest BCUT2D eigenvalue weighted by Gasteiger charge is 2.03. The number of anilines is 1. The molecule has 0 aliphatic rings. The Morgan fingerprint density at radius 3 is 2.75 bits per heavy atom. The van der Waals surface area contributed by atoms with Crippen LogP contribution in [0.3, 0.4) is 0 Å². The SMILES string of the molecule is Cc1ccc(Cl)cc1Oc1ccc(N)cn1. The molecule has 0 saturated carbocycles. The van der Waals surface area contributed by atoms with Gasteiger partial charge < -0.3 is 10.5 Å². The molecule has 2 N–H and O–H groups in total. The molecule has 1 heterocycles. The van der Waals surface area contributed by atoms with Crippen molar-refractivity contribution in [2.24, 2.45) is 0 Å². The summed E-state index contributed by atoms with van der Waals surface area (Å²) in [6.45, 7) is 1.95. The van der Waals surface area contributed by atoms with E-state index in [1.54, 1.807) is 24.4 Å². The van der Waals surface area contributed by atoms with Gasteiger partial charge in [-0.25, -0.2) is 4.98 Å². The van der Waals surface area contributed by atoms with Gasteiger partial charge in [0.15, 0.2) is 0 Å². The van der Waals surface area contributed by atoms with Crippen LogP contribution in [-0.2, 0) is 0 Å². The monoisotopic (exact) mass is 234 g/mol. The van der Waals surface area contributed by atoms with Gasteiger partial charge in [0.1, 0.15) is 5.75 Å². The van der Waals surface area contributed by atoms with Gasteiger partial charge in [-0.05, 0) is 30.7 Å². The third-order valence-electron chi connectivity index (χ3n) is 2.12. The van der Waals surface area contributed by atoms with Gasteiger partial charge in [0.05, 0.1) is 11.9 Å². The summed E-state index contributed by atoms with van der Waals surface area (Å²) in [5.41, 5.74) is 7.14. The first-order chi connectivity index (χ1) is 7.65. The Balaban J connectivity index is 2.26. The topological polar surface area (TPSA) is 48.1 Å². The summed E-state index contributed by atoms with van der Waals surface area (Å²) in [6, 6.07) is 8.93. The summed E-state index contributed by atoms with van der Waals surface area (Å²) in [5, 5.41) is 0.635. The van der Waals surface area contributed by atoms with Crippen LogP contribution in [0.15, 0.2) is 36.5 Å². The standard InChI is InChI=1S/C12H11ClN2O/c1-8-2-3-9(13)6-11(8)16-12-5-4-10(14)7-15-12/h2-7H,14H2,1H3. The lowest BCUT2D eigenvalue weighted by atomic mass is 10.2. The quantitative estimate of drug-likeness (QED) is 0.866. The van der Waals surface area contributed by atoms with E-state index < -0.39 is 0 Å². The number of hydrogen-bond donors (Lipinski definition) is 1. The Morgan fingerprint density at radius 1 is 1.25 bits per heavy atom. The molecule has 0 amide bonds. The molecule has 0 bridgehead atoms. The smallest absolute Gasteiger partial charge is 0.219 e. The number of nitrogen functional groups attached to an aromatic ring is 1. The largest absolute Gasteiger partial charge is 0.439 e. The minimum Gasteiger partial charge on any atom is -0.439 e. The van der Waals surface area contributed by atoms with Crippen LogP contribution in [0.25, 0.3) is 0 Å². The van der Waals surface area contributed by atoms with E-state index in [1.807, 2.05) is 19.1 Å². The van der Waals surface area contributed by atoms with Crippen molar-refractivity contribution in [1.82, 2.24) is 4.98 Å². The van der Waals surface area contributed by atoms with Gasteiger partial charge in [0.2, 0.25) is 5.88 Å². The van der Waals surface area contributed by atoms with Crippen molar-refractivity contribution in [3.05, 3.63) is 47.1 Å². The maximum atomic E-state index is 5.89. The highest BCUT2D eigenvalue weighted by atomic mass is 35.5. The first-order valence-corrected chi connectivity index (χ1v) is 5.18. The number of benzene rings is 1. The normalized spacial score (nSPS) is 10.1. The molecule has 2 rings (SSSR count). The van der Waals surface area contributed by atoms with Gasteiger partial charge in [-0.1, -0.05) is 17.7 Å². The summed E-state index contributed by atoms with van der Waals surface area (Å²) in [6.07, 6.45) is 1.55. The summed E-state index contributed by atoms with van der Waals surface area (Å²) in [5.74, 6) is 1.20. The molecular weight excluding hydrogens is 224 g/mol. The second-order valence-corrected chi connectivity index (χ2v) is 3.88. The molecule has 16 heavy (non-hydrogen) atoms. The van der Waals surface area contributed by atoms with Crippen molar-refractivity contribution in [2.75, 3.05) is 5.73 Å². The maximum absolute atomic E-state index is 5.89. The molecule has 0 radical (unpaired) electrons. The summed E-state index contributed by atoms with van der Waals surface area (Å²) in [7, 11) is 0. The number of aryl methyl sites for hydroxylation is 1. The van der Waals surface area contributed by atoms with E-state index in [4.69, 9.17) is 22.1 Å². The fraction of sp³-hybridized carbons (Fsp3) is 0.0833. The number of nitrogens with zero attached hydrogens (tertiary/aromatic N) is 1. The van der Waals surface area contributed by atoms with E-state index in [0.717, 1.165) is 5.56 Å². The van der Waals surface area contributed by atoms with E-state index in [2.05, 4.69) is 4.98 Å². The Morgan fingerprint density at radius 2 is 2.06 bits per heavy atom. The summed E-state index contributed by atoms with van der Waals surface area (Å²) in [4.78, 5) is 4.05. The first kappa shape index (κ1) is 10.8. The zero-order valence-corrected chi connectivity index (χ0v) is 9.53. The molecule has 4 heteroatoms. The first-order valence-electron chi connectivity index (χ1n) is 4.81. The lowest BCUT2D eigenvalue weighted by Crippen LogP contribution is -1.91. The number of rotatable bonds is 2. The number of pyridine rings is 1. The predicted octanol–water partition coefficient (Wildman–Crippen LogP) is 3.42. The molecule has 82 valence electrons. The highest BCUT2D eigenvalue weighted by Crippen LogP contribution is 2.26. The average Bonchev–Trinajstić information content (AvgIpc) is 2.27. The molecule has 0 atom stereocenters. The van der Waals surface area contributed by atoms with Gasteiger partial charge in [-0.15, -0.1) is 0 Å². The van der Waals surface area contributed by atoms with Crippen LogP contribution in [0.5, 0.6) is 11.6 Å². The molecule has 2 aromatic rings. The van der Waals surface area contributed by atoms with Crippen molar-refractivity contribution in [1.29, 1.82) is 0 Å². The maximum Gasteiger partial charge on any atom is 0.219 e. The van der Waals surface area contributed by atoms with Crippen LogP contribution in [0.4, 0.5) is 5.69 Å². The van der Waals surface area contributed by atoms with Crippen molar-refractivity contribution in [3.63, 3.8) is 0 Å². The molecule has 3 nitrogen and oxygen atoms in total. The third kappa shape index (κ3) is 2.44. The van der Waals surface area contributed by atoms with E-state index >= 15 is 0 Å². The zero-order valence-electron chi connectivity index (χ0n) is 8.77. The Hall–Kier alpha value is -1.74. The lowest BCUT2D eigenvalue weighted by molar-refractivity contribution is 0.460. The van der Waals surface area contributed by atoms with Crippen LogP contribution >= 0.6 is 11.6 Å². The van der Waals surface area contributed by atoms with Crippen molar-refractivity contribution in [3.8, 4) is 11.6 Å². The number of hydrogen-bond acceptors (Lipinski definition) is 3. The second-order valence-electron chi connectivity index (χ2n) is 3.44. The molecule has 1 aromatic heterocycles. The summed E-state index contributed by atoms with van der Waals surface area (Å²) < 4.78 is 5.59. The molecule has 0 aliphatic heterocycles. The van der Waals surface area contributed by atoms with Crippen LogP contribution in [0, 0.1) is 6.92 Å². The number of nitrogens with two attached hydrogens (primary N) is 1. The van der Waals surface area contributed by atoms with Gasteiger partial charge in [-0.2, -0.15) is 0 Å². The third-order valence-corrected chi connectivity index (χ3v) is 2.36. The van der Waals surface area contributed by atoms with E-state index in [0.29, 0.717) is 22.3 Å². The van der Waals surface area contributed by atoms with Crippen LogP contribution in [0.2, 0.25) is 5.02 Å². The predicted molar refractivity (Wildman–Crippen MR) is 64.9 cm³/mol. The fourth-order valence-corrected chi connectivity index (χ4v) is 1.41. The van der Waals surface area contributed by atoms with Gasteiger partial charge >= 0.3 is 0 Å². The number of aromatic nitrogens is 1. The van der Waals surface area contributed by atoms with Crippen molar-refractivity contribution >= 4 is 17.3 Å².